The maximum absolute atomic E-state index is 8.94. The van der Waals surface area contributed by atoms with E-state index in [9.17, 15) is 0 Å². The second-order valence-corrected chi connectivity index (χ2v) is 4.87. The van der Waals surface area contributed by atoms with Crippen LogP contribution in [0.3, 0.4) is 0 Å². The van der Waals surface area contributed by atoms with Crippen LogP contribution in [-0.2, 0) is 0 Å². The molecule has 6 heteroatoms. The number of nitriles is 2. The van der Waals surface area contributed by atoms with Gasteiger partial charge in [0.1, 0.15) is 6.07 Å². The average molecular weight is 300 g/mol. The number of furan rings is 2. The number of rotatable bonds is 2. The number of H-pyrrole nitrogens is 1. The highest BCUT2D eigenvalue weighted by molar-refractivity contribution is 5.80. The fourth-order valence-corrected chi connectivity index (χ4v) is 2.32. The number of imidazole rings is 1. The van der Waals surface area contributed by atoms with Crippen LogP contribution in [0.2, 0.25) is 0 Å². The fourth-order valence-electron chi connectivity index (χ4n) is 2.32. The fraction of sp³-hybridized carbons (Fsp3) is 0. The molecule has 0 aliphatic rings. The van der Waals surface area contributed by atoms with Crippen molar-refractivity contribution < 1.29 is 8.83 Å². The molecule has 3 aromatic heterocycles. The Morgan fingerprint density at radius 2 is 1.65 bits per heavy atom. The van der Waals surface area contributed by atoms with E-state index in [1.54, 1.807) is 42.5 Å². The van der Waals surface area contributed by atoms with Crippen LogP contribution >= 0.6 is 0 Å². The van der Waals surface area contributed by atoms with Crippen LogP contribution in [0.4, 0.5) is 0 Å². The van der Waals surface area contributed by atoms with Crippen LogP contribution in [0.1, 0.15) is 11.3 Å². The van der Waals surface area contributed by atoms with Gasteiger partial charge in [0.05, 0.1) is 22.7 Å². The van der Waals surface area contributed by atoms with Gasteiger partial charge in [-0.25, -0.2) is 4.98 Å². The SMILES string of the molecule is N#Cc1ccc2nc(-c3ccc(-c4ccc(C#N)o4)o3)[nH]c2c1. The zero-order chi connectivity index (χ0) is 15.8. The van der Waals surface area contributed by atoms with Gasteiger partial charge < -0.3 is 13.8 Å². The highest BCUT2D eigenvalue weighted by atomic mass is 16.4. The van der Waals surface area contributed by atoms with E-state index < -0.39 is 0 Å². The first-order chi connectivity index (χ1) is 11.3. The topological polar surface area (TPSA) is 103 Å². The molecular formula is C17H8N4O2. The number of hydrogen-bond donors (Lipinski definition) is 1. The van der Waals surface area contributed by atoms with E-state index in [0.29, 0.717) is 28.7 Å². The third-order valence-corrected chi connectivity index (χ3v) is 3.41. The smallest absolute Gasteiger partial charge is 0.204 e. The highest BCUT2D eigenvalue weighted by Gasteiger charge is 2.13. The van der Waals surface area contributed by atoms with Crippen LogP contribution in [0.25, 0.3) is 34.1 Å². The molecule has 1 aromatic carbocycles. The van der Waals surface area contributed by atoms with Gasteiger partial charge in [-0.1, -0.05) is 0 Å². The molecule has 0 aliphatic heterocycles. The molecule has 0 unspecified atom stereocenters. The summed E-state index contributed by atoms with van der Waals surface area (Å²) in [7, 11) is 0. The van der Waals surface area contributed by atoms with Gasteiger partial charge in [0.2, 0.25) is 5.76 Å². The first-order valence-electron chi connectivity index (χ1n) is 6.77. The maximum atomic E-state index is 8.94. The summed E-state index contributed by atoms with van der Waals surface area (Å²) in [4.78, 5) is 7.57. The van der Waals surface area contributed by atoms with Crippen LogP contribution in [0.15, 0.2) is 51.3 Å². The molecule has 3 heterocycles. The molecular weight excluding hydrogens is 292 g/mol. The Balaban J connectivity index is 1.74. The number of aromatic nitrogens is 2. The van der Waals surface area contributed by atoms with E-state index in [1.807, 2.05) is 6.07 Å². The summed E-state index contributed by atoms with van der Waals surface area (Å²) < 4.78 is 11.1. The third kappa shape index (κ3) is 2.15. The number of hydrogen-bond acceptors (Lipinski definition) is 5. The first kappa shape index (κ1) is 12.9. The summed E-state index contributed by atoms with van der Waals surface area (Å²) >= 11 is 0. The molecule has 4 aromatic rings. The summed E-state index contributed by atoms with van der Waals surface area (Å²) in [5.41, 5.74) is 2.08. The van der Waals surface area contributed by atoms with Gasteiger partial charge in [-0.3, -0.25) is 0 Å². The minimum absolute atomic E-state index is 0.228. The van der Waals surface area contributed by atoms with Gasteiger partial charge >= 0.3 is 0 Å². The molecule has 0 saturated heterocycles. The number of nitrogens with zero attached hydrogens (tertiary/aromatic N) is 3. The Morgan fingerprint density at radius 1 is 0.870 bits per heavy atom. The van der Waals surface area contributed by atoms with Crippen LogP contribution < -0.4 is 0 Å². The Kier molecular flexibility index (Phi) is 2.76. The van der Waals surface area contributed by atoms with Gasteiger partial charge in [-0.2, -0.15) is 10.5 Å². The zero-order valence-corrected chi connectivity index (χ0v) is 11.7. The van der Waals surface area contributed by atoms with Crippen molar-refractivity contribution in [3.63, 3.8) is 0 Å². The predicted molar refractivity (Wildman–Crippen MR) is 80.9 cm³/mol. The van der Waals surface area contributed by atoms with E-state index in [2.05, 4.69) is 16.0 Å². The molecule has 0 saturated carbocycles. The minimum atomic E-state index is 0.228. The molecule has 6 nitrogen and oxygen atoms in total. The van der Waals surface area contributed by atoms with Crippen molar-refractivity contribution in [3.8, 4) is 35.2 Å². The molecule has 0 amide bonds. The summed E-state index contributed by atoms with van der Waals surface area (Å²) in [6.45, 7) is 0. The Morgan fingerprint density at radius 3 is 2.43 bits per heavy atom. The second-order valence-electron chi connectivity index (χ2n) is 4.87. The highest BCUT2D eigenvalue weighted by Crippen LogP contribution is 2.29. The van der Waals surface area contributed by atoms with Crippen molar-refractivity contribution in [3.05, 3.63) is 53.8 Å². The number of benzene rings is 1. The average Bonchev–Trinajstić information content (AvgIpc) is 3.30. The van der Waals surface area contributed by atoms with E-state index in [1.165, 1.54) is 0 Å². The lowest BCUT2D eigenvalue weighted by molar-refractivity contribution is 0.522. The number of nitrogens with one attached hydrogen (secondary N) is 1. The molecule has 4 rings (SSSR count). The Bertz CT molecular complexity index is 1100. The number of fused-ring (bicyclic) bond motifs is 1. The quantitative estimate of drug-likeness (QED) is 0.606. The Labute approximate surface area is 130 Å². The van der Waals surface area contributed by atoms with Crippen LogP contribution in [-0.4, -0.2) is 9.97 Å². The molecule has 0 atom stereocenters. The molecule has 1 N–H and O–H groups in total. The normalized spacial score (nSPS) is 10.5. The maximum Gasteiger partial charge on any atom is 0.204 e. The molecule has 0 aliphatic carbocycles. The Hall–Kier alpha value is -3.77. The number of aromatic amines is 1. The monoisotopic (exact) mass is 300 g/mol. The lowest BCUT2D eigenvalue weighted by atomic mass is 10.2. The van der Waals surface area contributed by atoms with Crippen molar-refractivity contribution in [2.45, 2.75) is 0 Å². The van der Waals surface area contributed by atoms with Crippen molar-refractivity contribution in [1.29, 1.82) is 10.5 Å². The molecule has 0 bridgehead atoms. The van der Waals surface area contributed by atoms with Gasteiger partial charge in [0, 0.05) is 0 Å². The van der Waals surface area contributed by atoms with Gasteiger partial charge in [0.15, 0.2) is 23.1 Å². The molecule has 0 spiro atoms. The van der Waals surface area contributed by atoms with E-state index >= 15 is 0 Å². The van der Waals surface area contributed by atoms with Crippen LogP contribution in [0.5, 0.6) is 0 Å². The summed E-state index contributed by atoms with van der Waals surface area (Å²) in [6, 6.07) is 16.0. The first-order valence-corrected chi connectivity index (χ1v) is 6.77. The summed E-state index contributed by atoms with van der Waals surface area (Å²) in [5.74, 6) is 2.33. The standard InChI is InChI=1S/C17H8N4O2/c18-8-10-1-3-12-13(7-10)21-17(20-12)16-6-5-15(23-16)14-4-2-11(9-19)22-14/h1-7H,(H,20,21). The minimum Gasteiger partial charge on any atom is -0.450 e. The van der Waals surface area contributed by atoms with Crippen molar-refractivity contribution in [1.82, 2.24) is 9.97 Å². The van der Waals surface area contributed by atoms with E-state index in [4.69, 9.17) is 19.4 Å². The zero-order valence-electron chi connectivity index (χ0n) is 11.7. The van der Waals surface area contributed by atoms with Gasteiger partial charge in [-0.15, -0.1) is 0 Å². The predicted octanol–water partition coefficient (Wildman–Crippen LogP) is 3.83. The van der Waals surface area contributed by atoms with Crippen LogP contribution in [0, 0.1) is 22.7 Å². The molecule has 23 heavy (non-hydrogen) atoms. The van der Waals surface area contributed by atoms with E-state index in [0.717, 1.165) is 11.0 Å². The largest absolute Gasteiger partial charge is 0.450 e. The van der Waals surface area contributed by atoms with Gasteiger partial charge in [-0.05, 0) is 42.5 Å². The van der Waals surface area contributed by atoms with Crippen molar-refractivity contribution in [2.75, 3.05) is 0 Å². The molecule has 108 valence electrons. The van der Waals surface area contributed by atoms with E-state index in [-0.39, 0.29) is 5.76 Å². The lowest BCUT2D eigenvalue weighted by Crippen LogP contribution is -1.75. The lowest BCUT2D eigenvalue weighted by Gasteiger charge is -1.91. The molecule has 0 radical (unpaired) electrons. The van der Waals surface area contributed by atoms with Crippen molar-refractivity contribution in [2.24, 2.45) is 0 Å². The van der Waals surface area contributed by atoms with Gasteiger partial charge in [0.25, 0.3) is 0 Å². The molecule has 0 fully saturated rings. The van der Waals surface area contributed by atoms with Crippen molar-refractivity contribution >= 4 is 11.0 Å². The second kappa shape index (κ2) is 4.90. The summed E-state index contributed by atoms with van der Waals surface area (Å²) in [6.07, 6.45) is 0. The third-order valence-electron chi connectivity index (χ3n) is 3.41. The summed E-state index contributed by atoms with van der Waals surface area (Å²) in [5, 5.41) is 17.7.